The van der Waals surface area contributed by atoms with Gasteiger partial charge in [0.1, 0.15) is 0 Å². The van der Waals surface area contributed by atoms with Gasteiger partial charge in [0.15, 0.2) is 5.96 Å². The van der Waals surface area contributed by atoms with Crippen molar-refractivity contribution in [3.63, 3.8) is 0 Å². The van der Waals surface area contributed by atoms with Crippen molar-refractivity contribution in [1.82, 2.24) is 0 Å². The molecule has 3 heteroatoms. The van der Waals surface area contributed by atoms with E-state index in [1.807, 2.05) is 18.2 Å². The largest absolute Gasteiger partial charge is 0.370 e. The molecule has 0 aliphatic heterocycles. The molecule has 1 aromatic rings. The van der Waals surface area contributed by atoms with Crippen molar-refractivity contribution in [2.24, 2.45) is 16.5 Å². The highest BCUT2D eigenvalue weighted by atomic mass is 15.0. The fourth-order valence-corrected chi connectivity index (χ4v) is 1.57. The topological polar surface area (TPSA) is 64.4 Å². The van der Waals surface area contributed by atoms with E-state index < -0.39 is 0 Å². The number of aliphatic imine (C=N–C) groups is 1. The predicted molar refractivity (Wildman–Crippen MR) is 53.4 cm³/mol. The van der Waals surface area contributed by atoms with Gasteiger partial charge in [-0.05, 0) is 12.0 Å². The first-order valence-electron chi connectivity index (χ1n) is 4.41. The molecule has 1 aliphatic rings. The van der Waals surface area contributed by atoms with Crippen molar-refractivity contribution in [3.05, 3.63) is 35.9 Å². The Morgan fingerprint density at radius 1 is 1.23 bits per heavy atom. The van der Waals surface area contributed by atoms with Crippen LogP contribution < -0.4 is 11.5 Å². The summed E-state index contributed by atoms with van der Waals surface area (Å²) in [6, 6.07) is 10.6. The monoisotopic (exact) mass is 175 g/mol. The average molecular weight is 175 g/mol. The third kappa shape index (κ3) is 1.80. The summed E-state index contributed by atoms with van der Waals surface area (Å²) >= 11 is 0. The minimum Gasteiger partial charge on any atom is -0.370 e. The highest BCUT2D eigenvalue weighted by Crippen LogP contribution is 2.43. The minimum absolute atomic E-state index is 0.198. The Morgan fingerprint density at radius 2 is 1.92 bits per heavy atom. The van der Waals surface area contributed by atoms with Gasteiger partial charge in [-0.2, -0.15) is 0 Å². The quantitative estimate of drug-likeness (QED) is 0.516. The Hall–Kier alpha value is -1.51. The molecule has 1 aromatic carbocycles. The first-order chi connectivity index (χ1) is 6.27. The normalized spacial score (nSPS) is 25.2. The molecule has 3 nitrogen and oxygen atoms in total. The van der Waals surface area contributed by atoms with E-state index in [2.05, 4.69) is 17.1 Å². The van der Waals surface area contributed by atoms with Gasteiger partial charge < -0.3 is 11.5 Å². The molecule has 0 saturated heterocycles. The van der Waals surface area contributed by atoms with Crippen LogP contribution in [0.2, 0.25) is 0 Å². The summed E-state index contributed by atoms with van der Waals surface area (Å²) < 4.78 is 0. The van der Waals surface area contributed by atoms with E-state index in [0.29, 0.717) is 12.0 Å². The Labute approximate surface area is 77.5 Å². The first kappa shape index (κ1) is 8.10. The van der Waals surface area contributed by atoms with Crippen LogP contribution in [0.1, 0.15) is 17.9 Å². The Kier molecular flexibility index (Phi) is 1.93. The maximum absolute atomic E-state index is 5.30. The standard InChI is InChI=1S/C10H13N3/c11-10(12)13-9-6-8(9)7-4-2-1-3-5-7/h1-5,8-9H,6H2,(H4,11,12,13)/t8-,9-/m0/s1. The molecule has 0 unspecified atom stereocenters. The fourth-order valence-electron chi connectivity index (χ4n) is 1.57. The number of hydrogen-bond acceptors (Lipinski definition) is 1. The summed E-state index contributed by atoms with van der Waals surface area (Å²) in [7, 11) is 0. The molecule has 1 aliphatic carbocycles. The van der Waals surface area contributed by atoms with Crippen LogP contribution in [-0.4, -0.2) is 12.0 Å². The molecule has 2 atom stereocenters. The number of hydrogen-bond donors (Lipinski definition) is 2. The molecule has 0 radical (unpaired) electrons. The SMILES string of the molecule is NC(N)=N[C@H]1C[C@H]1c1ccccc1. The predicted octanol–water partition coefficient (Wildman–Crippen LogP) is 0.816. The van der Waals surface area contributed by atoms with Crippen LogP contribution in [0.15, 0.2) is 35.3 Å². The number of rotatable bonds is 2. The average Bonchev–Trinajstić information content (AvgIpc) is 2.84. The number of guanidine groups is 1. The van der Waals surface area contributed by atoms with E-state index in [4.69, 9.17) is 11.5 Å². The Balaban J connectivity index is 2.05. The van der Waals surface area contributed by atoms with Crippen LogP contribution in [0.3, 0.4) is 0 Å². The summed E-state index contributed by atoms with van der Waals surface area (Å²) in [6.07, 6.45) is 1.07. The molecule has 1 saturated carbocycles. The third-order valence-corrected chi connectivity index (χ3v) is 2.30. The van der Waals surface area contributed by atoms with Gasteiger partial charge in [-0.25, -0.2) is 4.99 Å². The lowest BCUT2D eigenvalue weighted by molar-refractivity contribution is 0.982. The molecule has 0 aromatic heterocycles. The molecule has 0 spiro atoms. The zero-order valence-electron chi connectivity index (χ0n) is 7.35. The van der Waals surface area contributed by atoms with Crippen LogP contribution >= 0.6 is 0 Å². The van der Waals surface area contributed by atoms with Crippen molar-refractivity contribution in [2.45, 2.75) is 18.4 Å². The summed E-state index contributed by atoms with van der Waals surface area (Å²) in [6.45, 7) is 0. The van der Waals surface area contributed by atoms with Crippen molar-refractivity contribution in [3.8, 4) is 0 Å². The van der Waals surface area contributed by atoms with Crippen LogP contribution in [0.4, 0.5) is 0 Å². The third-order valence-electron chi connectivity index (χ3n) is 2.30. The van der Waals surface area contributed by atoms with Gasteiger partial charge >= 0.3 is 0 Å². The van der Waals surface area contributed by atoms with Gasteiger partial charge in [0.25, 0.3) is 0 Å². The van der Waals surface area contributed by atoms with E-state index in [1.54, 1.807) is 0 Å². The fraction of sp³-hybridized carbons (Fsp3) is 0.300. The van der Waals surface area contributed by atoms with E-state index in [1.165, 1.54) is 5.56 Å². The van der Waals surface area contributed by atoms with Crippen molar-refractivity contribution < 1.29 is 0 Å². The van der Waals surface area contributed by atoms with Gasteiger partial charge in [0.05, 0.1) is 6.04 Å². The second-order valence-corrected chi connectivity index (χ2v) is 3.37. The zero-order chi connectivity index (χ0) is 9.26. The van der Waals surface area contributed by atoms with Crippen LogP contribution in [0, 0.1) is 0 Å². The van der Waals surface area contributed by atoms with E-state index in [0.717, 1.165) is 6.42 Å². The zero-order valence-corrected chi connectivity index (χ0v) is 7.35. The van der Waals surface area contributed by atoms with Crippen molar-refractivity contribution in [2.75, 3.05) is 0 Å². The lowest BCUT2D eigenvalue weighted by Gasteiger charge is -1.96. The van der Waals surface area contributed by atoms with E-state index in [-0.39, 0.29) is 5.96 Å². The summed E-state index contributed by atoms with van der Waals surface area (Å²) in [5, 5.41) is 0. The summed E-state index contributed by atoms with van der Waals surface area (Å²) in [5.74, 6) is 0.728. The second-order valence-electron chi connectivity index (χ2n) is 3.37. The lowest BCUT2D eigenvalue weighted by atomic mass is 10.1. The summed E-state index contributed by atoms with van der Waals surface area (Å²) in [5.41, 5.74) is 11.9. The van der Waals surface area contributed by atoms with Gasteiger partial charge in [-0.3, -0.25) is 0 Å². The molecule has 0 bridgehead atoms. The maximum atomic E-state index is 5.30. The van der Waals surface area contributed by atoms with Crippen LogP contribution in [0.5, 0.6) is 0 Å². The molecule has 1 fully saturated rings. The first-order valence-corrected chi connectivity index (χ1v) is 4.41. The van der Waals surface area contributed by atoms with Crippen molar-refractivity contribution in [1.29, 1.82) is 0 Å². The molecular formula is C10H13N3. The molecular weight excluding hydrogens is 162 g/mol. The van der Waals surface area contributed by atoms with Gasteiger partial charge in [0.2, 0.25) is 0 Å². The highest BCUT2D eigenvalue weighted by Gasteiger charge is 2.38. The highest BCUT2D eigenvalue weighted by molar-refractivity contribution is 5.76. The van der Waals surface area contributed by atoms with Crippen LogP contribution in [-0.2, 0) is 0 Å². The Morgan fingerprint density at radius 3 is 2.54 bits per heavy atom. The molecule has 4 N–H and O–H groups in total. The number of nitrogens with two attached hydrogens (primary N) is 2. The van der Waals surface area contributed by atoms with Gasteiger partial charge in [-0.1, -0.05) is 30.3 Å². The molecule has 2 rings (SSSR count). The Bertz CT molecular complexity index is 314. The molecule has 13 heavy (non-hydrogen) atoms. The van der Waals surface area contributed by atoms with Crippen molar-refractivity contribution >= 4 is 5.96 Å². The second kappa shape index (κ2) is 3.09. The van der Waals surface area contributed by atoms with E-state index >= 15 is 0 Å². The van der Waals surface area contributed by atoms with Gasteiger partial charge in [-0.15, -0.1) is 0 Å². The maximum Gasteiger partial charge on any atom is 0.186 e. The minimum atomic E-state index is 0.198. The number of benzene rings is 1. The van der Waals surface area contributed by atoms with Gasteiger partial charge in [0, 0.05) is 5.92 Å². The lowest BCUT2D eigenvalue weighted by Crippen LogP contribution is -2.23. The smallest absolute Gasteiger partial charge is 0.186 e. The molecule has 0 amide bonds. The van der Waals surface area contributed by atoms with Crippen LogP contribution in [0.25, 0.3) is 0 Å². The summed E-state index contributed by atoms with van der Waals surface area (Å²) in [4.78, 5) is 4.12. The number of nitrogens with zero attached hydrogens (tertiary/aromatic N) is 1. The van der Waals surface area contributed by atoms with E-state index in [9.17, 15) is 0 Å². The molecule has 0 heterocycles. The molecule has 68 valence electrons.